The van der Waals surface area contributed by atoms with Gasteiger partial charge in [0.25, 0.3) is 0 Å². The number of aryl methyl sites for hydroxylation is 1. The highest BCUT2D eigenvalue weighted by atomic mass is 19.1. The Morgan fingerprint density at radius 3 is 2.36 bits per heavy atom. The maximum Gasteiger partial charge on any atom is 0.335 e. The number of fused-ring (bicyclic) bond motifs is 1. The maximum atomic E-state index is 14.8. The van der Waals surface area contributed by atoms with Crippen molar-refractivity contribution in [1.29, 1.82) is 0 Å². The summed E-state index contributed by atoms with van der Waals surface area (Å²) in [6, 6.07) is 15.0. The predicted octanol–water partition coefficient (Wildman–Crippen LogP) is 6.43. The molecule has 0 unspecified atom stereocenters. The first-order valence-corrected chi connectivity index (χ1v) is 12.1. The lowest BCUT2D eigenvalue weighted by atomic mass is 9.84. The summed E-state index contributed by atoms with van der Waals surface area (Å²) in [6.07, 6.45) is 3.12. The third kappa shape index (κ3) is 4.79. The minimum absolute atomic E-state index is 0.0882. The molecule has 5 aromatic rings. The van der Waals surface area contributed by atoms with Gasteiger partial charge < -0.3 is 19.5 Å². The number of nitrogens with zero attached hydrogens (tertiary/aromatic N) is 3. The Balaban J connectivity index is 1.84. The Kier molecular flexibility index (Phi) is 6.51. The van der Waals surface area contributed by atoms with Crippen LogP contribution < -0.4 is 4.74 Å². The first-order chi connectivity index (χ1) is 18.6. The first-order valence-electron chi connectivity index (χ1n) is 12.1. The number of halogens is 2. The molecule has 0 aliphatic carbocycles. The Hall–Kier alpha value is -4.79. The summed E-state index contributed by atoms with van der Waals surface area (Å²) < 4.78 is 36.7. The van der Waals surface area contributed by atoms with E-state index >= 15 is 0 Å². The van der Waals surface area contributed by atoms with Crippen molar-refractivity contribution in [2.45, 2.75) is 26.2 Å². The summed E-state index contributed by atoms with van der Waals surface area (Å²) in [6.45, 7) is 5.57. The van der Waals surface area contributed by atoms with Crippen molar-refractivity contribution in [3.05, 3.63) is 102 Å². The summed E-state index contributed by atoms with van der Waals surface area (Å²) in [5.41, 5.74) is 2.35. The topological polar surface area (TPSA) is 97.5 Å². The monoisotopic (exact) mass is 529 g/mol. The third-order valence-electron chi connectivity index (χ3n) is 6.57. The predicted molar refractivity (Wildman–Crippen MR) is 143 cm³/mol. The van der Waals surface area contributed by atoms with Gasteiger partial charge in [0, 0.05) is 46.2 Å². The molecule has 0 radical (unpaired) electrons. The highest BCUT2D eigenvalue weighted by molar-refractivity contribution is 6.02. The number of ether oxygens (including phenoxy) is 1. The molecule has 0 spiro atoms. The van der Waals surface area contributed by atoms with Crippen LogP contribution in [0.15, 0.2) is 73.1 Å². The van der Waals surface area contributed by atoms with E-state index in [-0.39, 0.29) is 29.7 Å². The number of rotatable bonds is 7. The lowest BCUT2D eigenvalue weighted by molar-refractivity contribution is 0.0697. The Bertz CT molecular complexity index is 1700. The number of hydrogen-bond acceptors (Lipinski definition) is 5. The molecule has 0 aliphatic heterocycles. The zero-order valence-electron chi connectivity index (χ0n) is 21.4. The zero-order chi connectivity index (χ0) is 27.9. The van der Waals surface area contributed by atoms with Gasteiger partial charge in [0.05, 0.1) is 11.1 Å². The molecule has 3 aromatic carbocycles. The van der Waals surface area contributed by atoms with Crippen LogP contribution in [0.25, 0.3) is 27.7 Å². The number of hydrogen-bond donors (Lipinski definition) is 2. The van der Waals surface area contributed by atoms with Crippen LogP contribution in [-0.4, -0.2) is 37.3 Å². The quantitative estimate of drug-likeness (QED) is 0.252. The van der Waals surface area contributed by atoms with E-state index in [9.17, 15) is 23.8 Å². The summed E-state index contributed by atoms with van der Waals surface area (Å²) in [7, 11) is 0. The minimum atomic E-state index is -1.08. The molecule has 0 saturated carbocycles. The molecular formula is C30H25F2N3O4. The van der Waals surface area contributed by atoms with E-state index < -0.39 is 17.2 Å². The van der Waals surface area contributed by atoms with Crippen molar-refractivity contribution in [2.75, 3.05) is 6.61 Å². The van der Waals surface area contributed by atoms with E-state index in [1.807, 2.05) is 13.8 Å². The van der Waals surface area contributed by atoms with E-state index in [4.69, 9.17) is 4.74 Å². The van der Waals surface area contributed by atoms with Gasteiger partial charge in [0.15, 0.2) is 0 Å². The molecule has 5 rings (SSSR count). The molecule has 0 saturated heterocycles. The van der Waals surface area contributed by atoms with Crippen molar-refractivity contribution in [2.24, 2.45) is 0 Å². The number of benzene rings is 3. The second-order valence-corrected chi connectivity index (χ2v) is 9.90. The fraction of sp³-hybridized carbons (Fsp3) is 0.167. The second kappa shape index (κ2) is 9.83. The summed E-state index contributed by atoms with van der Waals surface area (Å²) in [4.78, 5) is 19.8. The van der Waals surface area contributed by atoms with Gasteiger partial charge in [-0.3, -0.25) is 0 Å². The average Bonchev–Trinajstić information content (AvgIpc) is 3.26. The number of phenolic OH excluding ortho intramolecular Hbond substituents is 1. The molecule has 2 aromatic heterocycles. The van der Waals surface area contributed by atoms with E-state index in [0.717, 1.165) is 6.07 Å². The number of aromatic nitrogens is 3. The van der Waals surface area contributed by atoms with Gasteiger partial charge in [-0.05, 0) is 66.6 Å². The van der Waals surface area contributed by atoms with E-state index in [2.05, 4.69) is 9.97 Å². The average molecular weight is 530 g/mol. The minimum Gasteiger partial charge on any atom is -0.506 e. The van der Waals surface area contributed by atoms with Crippen LogP contribution in [0.3, 0.4) is 0 Å². The Labute approximate surface area is 223 Å². The molecule has 198 valence electrons. The van der Waals surface area contributed by atoms with Gasteiger partial charge >= 0.3 is 12.0 Å². The number of carbonyl (C=O) groups is 1. The van der Waals surface area contributed by atoms with Crippen molar-refractivity contribution in [3.8, 4) is 28.6 Å². The molecule has 39 heavy (non-hydrogen) atoms. The number of aromatic carboxylic acids is 1. The van der Waals surface area contributed by atoms with Crippen LogP contribution in [0.5, 0.6) is 11.8 Å². The molecule has 0 amide bonds. The van der Waals surface area contributed by atoms with Crippen LogP contribution in [0.2, 0.25) is 0 Å². The largest absolute Gasteiger partial charge is 0.506 e. The summed E-state index contributed by atoms with van der Waals surface area (Å²) in [5.74, 6) is -2.41. The fourth-order valence-electron chi connectivity index (χ4n) is 4.78. The Morgan fingerprint density at radius 2 is 1.72 bits per heavy atom. The van der Waals surface area contributed by atoms with Crippen molar-refractivity contribution in [1.82, 2.24) is 14.5 Å². The maximum absolute atomic E-state index is 14.8. The molecule has 0 aliphatic rings. The van der Waals surface area contributed by atoms with Crippen molar-refractivity contribution in [3.63, 3.8) is 0 Å². The normalized spacial score (nSPS) is 11.6. The molecule has 0 atom stereocenters. The number of carboxylic acid groups (broad SMARTS) is 1. The van der Waals surface area contributed by atoms with Crippen LogP contribution >= 0.6 is 0 Å². The molecule has 7 nitrogen and oxygen atoms in total. The van der Waals surface area contributed by atoms with Gasteiger partial charge in [-0.15, -0.1) is 0 Å². The van der Waals surface area contributed by atoms with Crippen molar-refractivity contribution >= 4 is 16.9 Å². The molecule has 2 heterocycles. The molecule has 9 heteroatoms. The smallest absolute Gasteiger partial charge is 0.335 e. The first kappa shape index (κ1) is 25.8. The van der Waals surface area contributed by atoms with Gasteiger partial charge in [-0.1, -0.05) is 19.9 Å². The van der Waals surface area contributed by atoms with Crippen LogP contribution in [0.1, 0.15) is 35.5 Å². The van der Waals surface area contributed by atoms with Gasteiger partial charge in [0.2, 0.25) is 0 Å². The van der Waals surface area contributed by atoms with E-state index in [1.165, 1.54) is 24.3 Å². The zero-order valence-corrected chi connectivity index (χ0v) is 21.4. The molecule has 0 bridgehead atoms. The molecular weight excluding hydrogens is 504 g/mol. The number of carboxylic acids is 1. The highest BCUT2D eigenvalue weighted by Crippen LogP contribution is 2.46. The van der Waals surface area contributed by atoms with Gasteiger partial charge in [-0.25, -0.2) is 23.5 Å². The van der Waals surface area contributed by atoms with Gasteiger partial charge in [0.1, 0.15) is 24.0 Å². The SMILES string of the molecule is Cc1cc(-c2c(C(C)(C)COc3ncccn3)n(-c3ccc(C(=O)O)cc3)c3c(O)cc(F)cc23)ccc1F. The third-order valence-corrected chi connectivity index (χ3v) is 6.57. The van der Waals surface area contributed by atoms with E-state index in [0.29, 0.717) is 39.0 Å². The fourth-order valence-corrected chi connectivity index (χ4v) is 4.78. The molecule has 2 N–H and O–H groups in total. The lowest BCUT2D eigenvalue weighted by Crippen LogP contribution is -2.30. The van der Waals surface area contributed by atoms with Crippen molar-refractivity contribution < 1.29 is 28.5 Å². The Morgan fingerprint density at radius 1 is 1.03 bits per heavy atom. The summed E-state index contributed by atoms with van der Waals surface area (Å²) in [5, 5.41) is 20.8. The van der Waals surface area contributed by atoms with E-state index in [1.54, 1.807) is 54.2 Å². The van der Waals surface area contributed by atoms with Crippen LogP contribution in [0, 0.1) is 18.6 Å². The van der Waals surface area contributed by atoms with Crippen LogP contribution in [-0.2, 0) is 5.41 Å². The number of phenols is 1. The van der Waals surface area contributed by atoms with Gasteiger partial charge in [-0.2, -0.15) is 0 Å². The lowest BCUT2D eigenvalue weighted by Gasteiger charge is -2.28. The highest BCUT2D eigenvalue weighted by Gasteiger charge is 2.34. The summed E-state index contributed by atoms with van der Waals surface area (Å²) >= 11 is 0. The second-order valence-electron chi connectivity index (χ2n) is 9.90. The standard InChI is InChI=1S/C30H25F2N3O4/c1-17-13-19(7-10-23(17)32)25-22-14-20(31)15-24(36)26(22)35(21-8-5-18(6-9-21)28(37)38)27(25)30(2,3)16-39-29-33-11-4-12-34-29/h4-15,36H,16H2,1-3H3,(H,37,38). The molecule has 0 fully saturated rings. The number of aromatic hydroxyl groups is 1. The van der Waals surface area contributed by atoms with Crippen LogP contribution in [0.4, 0.5) is 8.78 Å².